The Morgan fingerprint density at radius 1 is 1.19 bits per heavy atom. The van der Waals surface area contributed by atoms with E-state index in [0.717, 1.165) is 36.7 Å². The van der Waals surface area contributed by atoms with E-state index in [-0.39, 0.29) is 11.6 Å². The lowest BCUT2D eigenvalue weighted by molar-refractivity contribution is 0.495. The minimum absolute atomic E-state index is 0.0926. The molecule has 0 radical (unpaired) electrons. The van der Waals surface area contributed by atoms with E-state index in [1.165, 1.54) is 4.57 Å². The number of nitrogens with two attached hydrogens (primary N) is 1. The van der Waals surface area contributed by atoms with Crippen molar-refractivity contribution in [3.05, 3.63) is 70.4 Å². The highest BCUT2D eigenvalue weighted by Crippen LogP contribution is 2.25. The van der Waals surface area contributed by atoms with Crippen molar-refractivity contribution in [2.24, 2.45) is 12.8 Å². The predicted octanol–water partition coefficient (Wildman–Crippen LogP) is 2.31. The Balaban J connectivity index is 1.59. The fraction of sp³-hybridized carbons (Fsp3) is 0.348. The fourth-order valence-electron chi connectivity index (χ4n) is 4.23. The summed E-state index contributed by atoms with van der Waals surface area (Å²) in [4.78, 5) is 25.1. The number of nitrogens with one attached hydrogen (secondary N) is 1. The molecular weight excluding hydrogens is 406 g/mol. The number of piperidine rings is 1. The van der Waals surface area contributed by atoms with E-state index in [1.54, 1.807) is 13.3 Å². The third-order valence-electron chi connectivity index (χ3n) is 5.89. The van der Waals surface area contributed by atoms with Crippen LogP contribution < -0.4 is 21.5 Å². The van der Waals surface area contributed by atoms with E-state index >= 15 is 0 Å². The number of aromatic nitrogens is 4. The first-order valence-electron chi connectivity index (χ1n) is 10.9. The van der Waals surface area contributed by atoms with Crippen molar-refractivity contribution in [2.75, 3.05) is 23.3 Å². The maximum atomic E-state index is 13.4. The number of hydrogen-bond acceptors (Lipinski definition) is 7. The molecule has 1 saturated heterocycles. The number of nitrogens with zero attached hydrogens (tertiary/aromatic N) is 5. The highest BCUT2D eigenvalue weighted by molar-refractivity contribution is 5.75. The minimum Gasteiger partial charge on any atom is -0.467 e. The Labute approximate surface area is 185 Å². The molecule has 4 heterocycles. The van der Waals surface area contributed by atoms with Crippen LogP contribution in [0.1, 0.15) is 24.2 Å². The van der Waals surface area contributed by atoms with Crippen molar-refractivity contribution in [3.63, 3.8) is 0 Å². The SMILES string of the molecule is Cn1c(NCc2ccco2)nc2nc(N3CCCC(N)C3)n(Cc3ccccc3)c2c1=O. The van der Waals surface area contributed by atoms with Crippen molar-refractivity contribution in [1.82, 2.24) is 19.1 Å². The molecule has 1 atom stereocenters. The van der Waals surface area contributed by atoms with E-state index in [0.29, 0.717) is 36.7 Å². The van der Waals surface area contributed by atoms with E-state index in [4.69, 9.17) is 20.1 Å². The van der Waals surface area contributed by atoms with Crippen molar-refractivity contribution < 1.29 is 4.42 Å². The smallest absolute Gasteiger partial charge is 0.281 e. The van der Waals surface area contributed by atoms with Gasteiger partial charge >= 0.3 is 0 Å². The molecule has 3 aromatic heterocycles. The predicted molar refractivity (Wildman–Crippen MR) is 124 cm³/mol. The summed E-state index contributed by atoms with van der Waals surface area (Å²) in [6.45, 7) is 2.53. The Bertz CT molecular complexity index is 1260. The quantitative estimate of drug-likeness (QED) is 0.480. The van der Waals surface area contributed by atoms with Gasteiger partial charge in [-0.25, -0.2) is 0 Å². The van der Waals surface area contributed by atoms with Gasteiger partial charge in [0.2, 0.25) is 11.9 Å². The number of anilines is 2. The molecule has 1 aromatic carbocycles. The summed E-state index contributed by atoms with van der Waals surface area (Å²) in [6, 6.07) is 13.9. The van der Waals surface area contributed by atoms with Crippen LogP contribution in [-0.4, -0.2) is 38.2 Å². The zero-order valence-corrected chi connectivity index (χ0v) is 18.1. The van der Waals surface area contributed by atoms with E-state index in [1.807, 2.05) is 34.9 Å². The third kappa shape index (κ3) is 3.87. The standard InChI is InChI=1S/C23H27N7O2/c1-28-21(31)19-20(26-22(28)25-13-18-10-6-12-32-18)27-23(29-11-5-9-17(24)15-29)30(19)14-16-7-3-2-4-8-16/h2-4,6-8,10,12,17H,5,9,11,13-15,24H2,1H3,(H,25,26). The Kier molecular flexibility index (Phi) is 5.40. The summed E-state index contributed by atoms with van der Waals surface area (Å²) in [6.07, 6.45) is 3.61. The van der Waals surface area contributed by atoms with Gasteiger partial charge in [0.15, 0.2) is 11.2 Å². The van der Waals surface area contributed by atoms with Gasteiger partial charge in [-0.2, -0.15) is 9.97 Å². The van der Waals surface area contributed by atoms with Crippen LogP contribution in [0.2, 0.25) is 0 Å². The first kappa shape index (κ1) is 20.3. The summed E-state index contributed by atoms with van der Waals surface area (Å²) in [7, 11) is 1.72. The summed E-state index contributed by atoms with van der Waals surface area (Å²) in [5.74, 6) is 1.95. The topological polar surface area (TPSA) is 107 Å². The minimum atomic E-state index is -0.145. The van der Waals surface area contributed by atoms with E-state index in [2.05, 4.69) is 22.3 Å². The van der Waals surface area contributed by atoms with Gasteiger partial charge in [-0.15, -0.1) is 0 Å². The normalized spacial score (nSPS) is 16.6. The van der Waals surface area contributed by atoms with Gasteiger partial charge in [0, 0.05) is 26.2 Å². The maximum Gasteiger partial charge on any atom is 0.281 e. The van der Waals surface area contributed by atoms with E-state index in [9.17, 15) is 4.79 Å². The average molecular weight is 434 g/mol. The van der Waals surface area contributed by atoms with Crippen LogP contribution in [0.4, 0.5) is 11.9 Å². The van der Waals surface area contributed by atoms with Crippen LogP contribution in [0.15, 0.2) is 57.9 Å². The molecule has 1 fully saturated rings. The van der Waals surface area contributed by atoms with Gasteiger partial charge in [-0.05, 0) is 30.5 Å². The van der Waals surface area contributed by atoms with Crippen LogP contribution in [-0.2, 0) is 20.1 Å². The molecule has 1 unspecified atom stereocenters. The van der Waals surface area contributed by atoms with Crippen molar-refractivity contribution in [1.29, 1.82) is 0 Å². The number of benzene rings is 1. The molecule has 3 N–H and O–H groups in total. The van der Waals surface area contributed by atoms with Gasteiger partial charge in [-0.1, -0.05) is 30.3 Å². The van der Waals surface area contributed by atoms with Crippen molar-refractivity contribution in [3.8, 4) is 0 Å². The molecule has 1 aliphatic heterocycles. The first-order valence-corrected chi connectivity index (χ1v) is 10.9. The molecule has 0 amide bonds. The lowest BCUT2D eigenvalue weighted by atomic mass is 10.1. The molecule has 4 aromatic rings. The molecule has 9 nitrogen and oxygen atoms in total. The zero-order valence-electron chi connectivity index (χ0n) is 18.1. The Morgan fingerprint density at radius 3 is 2.78 bits per heavy atom. The van der Waals surface area contributed by atoms with Gasteiger partial charge < -0.3 is 20.4 Å². The fourth-order valence-corrected chi connectivity index (χ4v) is 4.23. The molecule has 0 spiro atoms. The number of furan rings is 1. The van der Waals surface area contributed by atoms with Crippen LogP contribution >= 0.6 is 0 Å². The third-order valence-corrected chi connectivity index (χ3v) is 5.89. The molecule has 9 heteroatoms. The van der Waals surface area contributed by atoms with Gasteiger partial charge in [0.1, 0.15) is 5.76 Å². The number of rotatable bonds is 6. The van der Waals surface area contributed by atoms with Crippen LogP contribution in [0.25, 0.3) is 11.2 Å². The second-order valence-electron chi connectivity index (χ2n) is 8.24. The summed E-state index contributed by atoms with van der Waals surface area (Å²) in [5, 5.41) is 3.19. The first-order chi connectivity index (χ1) is 15.6. The number of hydrogen-bond donors (Lipinski definition) is 2. The molecular formula is C23H27N7O2. The second-order valence-corrected chi connectivity index (χ2v) is 8.24. The van der Waals surface area contributed by atoms with Gasteiger partial charge in [0.05, 0.1) is 19.4 Å². The second kappa shape index (κ2) is 8.51. The molecule has 32 heavy (non-hydrogen) atoms. The zero-order chi connectivity index (χ0) is 22.1. The Morgan fingerprint density at radius 2 is 2.03 bits per heavy atom. The van der Waals surface area contributed by atoms with Crippen LogP contribution in [0.5, 0.6) is 0 Å². The number of imidazole rings is 1. The number of fused-ring (bicyclic) bond motifs is 1. The molecule has 0 aliphatic carbocycles. The van der Waals surface area contributed by atoms with E-state index < -0.39 is 0 Å². The molecule has 1 aliphatic rings. The summed E-state index contributed by atoms with van der Waals surface area (Å²) < 4.78 is 8.88. The van der Waals surface area contributed by atoms with Gasteiger partial charge in [-0.3, -0.25) is 13.9 Å². The highest BCUT2D eigenvalue weighted by atomic mass is 16.3. The van der Waals surface area contributed by atoms with Crippen molar-refractivity contribution in [2.45, 2.75) is 32.0 Å². The largest absolute Gasteiger partial charge is 0.467 e. The lowest BCUT2D eigenvalue weighted by Gasteiger charge is -2.31. The summed E-state index contributed by atoms with van der Waals surface area (Å²) in [5.41, 5.74) is 8.12. The lowest BCUT2D eigenvalue weighted by Crippen LogP contribution is -2.44. The average Bonchev–Trinajstić information content (AvgIpc) is 3.44. The van der Waals surface area contributed by atoms with Crippen LogP contribution in [0.3, 0.4) is 0 Å². The van der Waals surface area contributed by atoms with Gasteiger partial charge in [0.25, 0.3) is 5.56 Å². The monoisotopic (exact) mass is 433 g/mol. The molecule has 0 saturated carbocycles. The molecule has 166 valence electrons. The highest BCUT2D eigenvalue weighted by Gasteiger charge is 2.25. The summed E-state index contributed by atoms with van der Waals surface area (Å²) >= 11 is 0. The van der Waals surface area contributed by atoms with Crippen molar-refractivity contribution >= 4 is 23.1 Å². The molecule has 0 bridgehead atoms. The van der Waals surface area contributed by atoms with Crippen LogP contribution in [0, 0.1) is 0 Å². The maximum absolute atomic E-state index is 13.4. The molecule has 5 rings (SSSR count). The Hall–Kier alpha value is -3.59.